The molecule has 0 aromatic carbocycles. The van der Waals surface area contributed by atoms with E-state index in [1.54, 1.807) is 0 Å². The first-order chi connectivity index (χ1) is 4.90. The summed E-state index contributed by atoms with van der Waals surface area (Å²) >= 11 is 21.8. The maximum atomic E-state index is 10.6. The molecule has 0 saturated carbocycles. The van der Waals surface area contributed by atoms with Crippen molar-refractivity contribution in [3.05, 3.63) is 0 Å². The van der Waals surface area contributed by atoms with Crippen molar-refractivity contribution in [2.45, 2.75) is 15.6 Å². The van der Waals surface area contributed by atoms with Crippen LogP contribution in [0, 0.1) is 0 Å². The Labute approximate surface area is 84.7 Å². The van der Waals surface area contributed by atoms with Crippen LogP contribution in [0.5, 0.6) is 0 Å². The van der Waals surface area contributed by atoms with E-state index in [0.717, 1.165) is 0 Å². The summed E-state index contributed by atoms with van der Waals surface area (Å²) in [6.45, 7) is 0. The van der Waals surface area contributed by atoms with Crippen LogP contribution >= 0.6 is 46.4 Å². The Balaban J connectivity index is 4.01. The van der Waals surface area contributed by atoms with E-state index in [9.17, 15) is 4.79 Å². The summed E-state index contributed by atoms with van der Waals surface area (Å²) < 4.78 is 2.84. The number of carbonyl (C=O) groups is 1. The van der Waals surface area contributed by atoms with Crippen molar-refractivity contribution in [2.75, 3.05) is 7.11 Å². The molecule has 0 aliphatic rings. The number of methoxy groups -OCH3 is 1. The molecule has 0 bridgehead atoms. The SMILES string of the molecule is COC(=O)CC(Cl)(Cl)C(Cl)Cl. The highest BCUT2D eigenvalue weighted by molar-refractivity contribution is 6.60. The number of halogens is 4. The van der Waals surface area contributed by atoms with Gasteiger partial charge in [0.1, 0.15) is 4.84 Å². The summed E-state index contributed by atoms with van der Waals surface area (Å²) in [4.78, 5) is 9.60. The fourth-order valence-electron chi connectivity index (χ4n) is 0.342. The molecule has 0 aromatic heterocycles. The summed E-state index contributed by atoms with van der Waals surface area (Å²) in [7, 11) is 1.23. The zero-order valence-corrected chi connectivity index (χ0v) is 8.64. The number of hydrogen-bond donors (Lipinski definition) is 0. The molecule has 0 radical (unpaired) electrons. The molecule has 0 heterocycles. The fourth-order valence-corrected chi connectivity index (χ4v) is 0.714. The second-order valence-electron chi connectivity index (χ2n) is 1.81. The molecule has 0 N–H and O–H groups in total. The third kappa shape index (κ3) is 4.26. The first-order valence-corrected chi connectivity index (χ1v) is 4.26. The largest absolute Gasteiger partial charge is 0.469 e. The van der Waals surface area contributed by atoms with Crippen molar-refractivity contribution >= 4 is 52.4 Å². The van der Waals surface area contributed by atoms with Gasteiger partial charge in [0.2, 0.25) is 0 Å². The molecule has 11 heavy (non-hydrogen) atoms. The van der Waals surface area contributed by atoms with Crippen molar-refractivity contribution in [2.24, 2.45) is 0 Å². The van der Waals surface area contributed by atoms with Crippen molar-refractivity contribution in [3.8, 4) is 0 Å². The Morgan fingerprint density at radius 1 is 1.55 bits per heavy atom. The Bertz CT molecular complexity index is 145. The van der Waals surface area contributed by atoms with Gasteiger partial charge < -0.3 is 4.74 Å². The van der Waals surface area contributed by atoms with E-state index in [1.807, 2.05) is 0 Å². The number of alkyl halides is 4. The second kappa shape index (κ2) is 4.61. The van der Waals surface area contributed by atoms with Gasteiger partial charge in [-0.2, -0.15) is 0 Å². The smallest absolute Gasteiger partial charge is 0.308 e. The van der Waals surface area contributed by atoms with Crippen LogP contribution in [0.2, 0.25) is 0 Å². The lowest BCUT2D eigenvalue weighted by molar-refractivity contribution is -0.140. The highest BCUT2D eigenvalue weighted by atomic mass is 35.5. The Morgan fingerprint density at radius 2 is 2.00 bits per heavy atom. The number of rotatable bonds is 3. The van der Waals surface area contributed by atoms with Gasteiger partial charge in [-0.25, -0.2) is 0 Å². The predicted octanol–water partition coefficient (Wildman–Crippen LogP) is 2.53. The monoisotopic (exact) mass is 238 g/mol. The van der Waals surface area contributed by atoms with E-state index in [-0.39, 0.29) is 6.42 Å². The average Bonchev–Trinajstić information content (AvgIpc) is 1.86. The zero-order chi connectivity index (χ0) is 9.07. The van der Waals surface area contributed by atoms with Crippen LogP contribution in [-0.2, 0) is 9.53 Å². The lowest BCUT2D eigenvalue weighted by Crippen LogP contribution is -2.26. The minimum absolute atomic E-state index is 0.232. The van der Waals surface area contributed by atoms with Crippen LogP contribution in [0.1, 0.15) is 6.42 Å². The molecule has 0 aliphatic heterocycles. The second-order valence-corrected chi connectivity index (χ2v) is 4.45. The first-order valence-electron chi connectivity index (χ1n) is 2.63. The highest BCUT2D eigenvalue weighted by Gasteiger charge is 2.35. The number of esters is 1. The van der Waals surface area contributed by atoms with Gasteiger partial charge in [0.25, 0.3) is 0 Å². The van der Waals surface area contributed by atoms with Gasteiger partial charge in [0.05, 0.1) is 13.5 Å². The Hall–Kier alpha value is 0.630. The van der Waals surface area contributed by atoms with Gasteiger partial charge in [0, 0.05) is 0 Å². The van der Waals surface area contributed by atoms with E-state index < -0.39 is 15.1 Å². The van der Waals surface area contributed by atoms with E-state index in [0.29, 0.717) is 0 Å². The lowest BCUT2D eigenvalue weighted by Gasteiger charge is -2.18. The van der Waals surface area contributed by atoms with Gasteiger partial charge in [0.15, 0.2) is 4.33 Å². The molecular weight excluding hydrogens is 234 g/mol. The van der Waals surface area contributed by atoms with Crippen LogP contribution in [0.3, 0.4) is 0 Å². The highest BCUT2D eigenvalue weighted by Crippen LogP contribution is 2.35. The number of carbonyl (C=O) groups excluding carboxylic acids is 1. The summed E-state index contributed by atoms with van der Waals surface area (Å²) in [6.07, 6.45) is -0.232. The van der Waals surface area contributed by atoms with Gasteiger partial charge in [-0.05, 0) is 0 Å². The topological polar surface area (TPSA) is 26.3 Å². The van der Waals surface area contributed by atoms with E-state index in [1.165, 1.54) is 7.11 Å². The molecule has 0 unspecified atom stereocenters. The number of hydrogen-bond acceptors (Lipinski definition) is 2. The minimum Gasteiger partial charge on any atom is -0.469 e. The third-order valence-corrected chi connectivity index (χ3v) is 2.82. The van der Waals surface area contributed by atoms with Crippen molar-refractivity contribution in [1.82, 2.24) is 0 Å². The molecule has 0 atom stereocenters. The van der Waals surface area contributed by atoms with Crippen molar-refractivity contribution < 1.29 is 9.53 Å². The number of ether oxygens (including phenoxy) is 1. The average molecular weight is 240 g/mol. The van der Waals surface area contributed by atoms with Gasteiger partial charge in [-0.3, -0.25) is 4.79 Å². The Morgan fingerprint density at radius 3 is 2.27 bits per heavy atom. The van der Waals surface area contributed by atoms with Crippen LogP contribution in [-0.4, -0.2) is 22.2 Å². The van der Waals surface area contributed by atoms with Gasteiger partial charge in [-0.1, -0.05) is 23.2 Å². The summed E-state index contributed by atoms with van der Waals surface area (Å²) in [5.74, 6) is -0.554. The molecule has 0 saturated heterocycles. The van der Waals surface area contributed by atoms with E-state index in [2.05, 4.69) is 4.74 Å². The molecule has 0 aliphatic carbocycles. The molecule has 0 amide bonds. The third-order valence-electron chi connectivity index (χ3n) is 0.927. The molecule has 2 nitrogen and oxygen atoms in total. The molecule has 0 spiro atoms. The van der Waals surface area contributed by atoms with Crippen molar-refractivity contribution in [3.63, 3.8) is 0 Å². The maximum Gasteiger partial charge on any atom is 0.308 e. The molecule has 6 heteroatoms. The van der Waals surface area contributed by atoms with Gasteiger partial charge >= 0.3 is 5.97 Å². The molecule has 0 fully saturated rings. The normalized spacial score (nSPS) is 11.8. The molecular formula is C5H6Cl4O2. The zero-order valence-electron chi connectivity index (χ0n) is 5.61. The lowest BCUT2D eigenvalue weighted by atomic mass is 10.3. The van der Waals surface area contributed by atoms with Crippen LogP contribution in [0.15, 0.2) is 0 Å². The van der Waals surface area contributed by atoms with E-state index >= 15 is 0 Å². The van der Waals surface area contributed by atoms with E-state index in [4.69, 9.17) is 46.4 Å². The van der Waals surface area contributed by atoms with Gasteiger partial charge in [-0.15, -0.1) is 23.2 Å². The predicted molar refractivity (Wildman–Crippen MR) is 46.6 cm³/mol. The maximum absolute atomic E-state index is 10.6. The molecule has 0 aromatic rings. The standard InChI is InChI=1S/C5H6Cl4O2/c1-11-3(10)2-5(8,9)4(6)7/h4H,2H2,1H3. The Kier molecular flexibility index (Phi) is 4.87. The first kappa shape index (κ1) is 11.6. The molecule has 66 valence electrons. The van der Waals surface area contributed by atoms with Crippen LogP contribution in [0.4, 0.5) is 0 Å². The summed E-state index contributed by atoms with van der Waals surface area (Å²) in [6, 6.07) is 0. The summed E-state index contributed by atoms with van der Waals surface area (Å²) in [5.41, 5.74) is 0. The summed E-state index contributed by atoms with van der Waals surface area (Å²) in [5, 5.41) is 0. The minimum atomic E-state index is -1.48. The fraction of sp³-hybridized carbons (Fsp3) is 0.800. The van der Waals surface area contributed by atoms with Crippen LogP contribution in [0.25, 0.3) is 0 Å². The van der Waals surface area contributed by atoms with Crippen LogP contribution < -0.4 is 0 Å². The molecule has 0 rings (SSSR count). The van der Waals surface area contributed by atoms with Crippen molar-refractivity contribution in [1.29, 1.82) is 0 Å². The quantitative estimate of drug-likeness (QED) is 0.559.